The number of rotatable bonds is 4. The van der Waals surface area contributed by atoms with E-state index >= 15 is 0 Å². The molecule has 3 heterocycles. The van der Waals surface area contributed by atoms with Crippen LogP contribution in [0.2, 0.25) is 5.28 Å². The summed E-state index contributed by atoms with van der Waals surface area (Å²) in [6.07, 6.45) is 2.13. The molecule has 4 rings (SSSR count). The summed E-state index contributed by atoms with van der Waals surface area (Å²) in [5.74, 6) is -0.172. The number of anilines is 1. The summed E-state index contributed by atoms with van der Waals surface area (Å²) in [7, 11) is 0. The van der Waals surface area contributed by atoms with Gasteiger partial charge in [-0.3, -0.25) is 4.79 Å². The summed E-state index contributed by atoms with van der Waals surface area (Å²) in [6.45, 7) is 5.54. The van der Waals surface area contributed by atoms with Gasteiger partial charge in [0.1, 0.15) is 10.6 Å². The number of thiophene rings is 1. The number of hydrogen-bond donors (Lipinski definition) is 1. The minimum absolute atomic E-state index is 0.238. The molecule has 1 N–H and O–H groups in total. The second-order valence-corrected chi connectivity index (χ2v) is 8.64. The van der Waals surface area contributed by atoms with Gasteiger partial charge >= 0.3 is 5.97 Å². The Morgan fingerprint density at radius 2 is 1.93 bits per heavy atom. The van der Waals surface area contributed by atoms with E-state index in [4.69, 9.17) is 11.6 Å². The van der Waals surface area contributed by atoms with Gasteiger partial charge in [-0.2, -0.15) is 4.98 Å². The maximum Gasteiger partial charge on any atom is 0.306 e. The molecule has 1 aliphatic heterocycles. The van der Waals surface area contributed by atoms with Crippen LogP contribution >= 0.6 is 22.9 Å². The van der Waals surface area contributed by atoms with Crippen molar-refractivity contribution in [2.24, 2.45) is 5.92 Å². The van der Waals surface area contributed by atoms with Crippen LogP contribution in [0.3, 0.4) is 0 Å². The minimum Gasteiger partial charge on any atom is -0.481 e. The van der Waals surface area contributed by atoms with Crippen LogP contribution in [0.5, 0.6) is 0 Å². The van der Waals surface area contributed by atoms with Crippen LogP contribution in [0.15, 0.2) is 24.3 Å². The van der Waals surface area contributed by atoms with Crippen LogP contribution in [0.4, 0.5) is 5.82 Å². The van der Waals surface area contributed by atoms with Crippen molar-refractivity contribution in [3.8, 4) is 11.1 Å². The number of carboxylic acids is 1. The van der Waals surface area contributed by atoms with E-state index in [2.05, 4.69) is 53.0 Å². The van der Waals surface area contributed by atoms with Gasteiger partial charge in [0, 0.05) is 23.5 Å². The van der Waals surface area contributed by atoms with Crippen molar-refractivity contribution in [2.45, 2.75) is 33.1 Å². The zero-order valence-corrected chi connectivity index (χ0v) is 17.5. The number of nitrogens with zero attached hydrogens (tertiary/aromatic N) is 3. The Morgan fingerprint density at radius 3 is 2.54 bits per heavy atom. The lowest BCUT2D eigenvalue weighted by atomic mass is 9.96. The Morgan fingerprint density at radius 1 is 1.25 bits per heavy atom. The fourth-order valence-corrected chi connectivity index (χ4v) is 5.19. The Bertz CT molecular complexity index is 1020. The van der Waals surface area contributed by atoms with Crippen molar-refractivity contribution in [3.05, 3.63) is 40.0 Å². The molecular weight excluding hydrogens is 394 g/mol. The summed E-state index contributed by atoms with van der Waals surface area (Å²) in [5.41, 5.74) is 3.55. The highest BCUT2D eigenvalue weighted by molar-refractivity contribution is 7.19. The SMILES string of the molecule is CCc1sc2nc(Cl)nc(N3CCC(C(=O)O)CC3)c2c1-c1ccc(C)cc1. The first-order valence-electron chi connectivity index (χ1n) is 9.51. The van der Waals surface area contributed by atoms with Gasteiger partial charge in [-0.25, -0.2) is 4.98 Å². The van der Waals surface area contributed by atoms with Crippen molar-refractivity contribution in [2.75, 3.05) is 18.0 Å². The Kier molecular flexibility index (Phi) is 5.25. The molecule has 0 aliphatic carbocycles. The third-order valence-electron chi connectivity index (χ3n) is 5.38. The number of benzene rings is 1. The topological polar surface area (TPSA) is 66.3 Å². The van der Waals surface area contributed by atoms with Crippen molar-refractivity contribution < 1.29 is 9.90 Å². The van der Waals surface area contributed by atoms with Crippen LogP contribution < -0.4 is 4.90 Å². The molecule has 1 aliphatic rings. The number of halogens is 1. The lowest BCUT2D eigenvalue weighted by Gasteiger charge is -2.31. The molecule has 0 spiro atoms. The van der Waals surface area contributed by atoms with Crippen molar-refractivity contribution in [3.63, 3.8) is 0 Å². The van der Waals surface area contributed by atoms with E-state index < -0.39 is 5.97 Å². The first-order valence-corrected chi connectivity index (χ1v) is 10.7. The Balaban J connectivity index is 1.86. The van der Waals surface area contributed by atoms with Gasteiger partial charge in [-0.05, 0) is 43.4 Å². The molecule has 0 bridgehead atoms. The maximum absolute atomic E-state index is 11.3. The number of hydrogen-bond acceptors (Lipinski definition) is 5. The molecule has 0 amide bonds. The van der Waals surface area contributed by atoms with Gasteiger partial charge in [0.2, 0.25) is 5.28 Å². The predicted octanol–water partition coefficient (Wildman–Crippen LogP) is 5.18. The highest BCUT2D eigenvalue weighted by atomic mass is 35.5. The summed E-state index contributed by atoms with van der Waals surface area (Å²) < 4.78 is 0. The van der Waals surface area contributed by atoms with E-state index in [1.165, 1.54) is 16.0 Å². The third-order valence-corrected chi connectivity index (χ3v) is 6.78. The molecule has 5 nitrogen and oxygen atoms in total. The van der Waals surface area contributed by atoms with Crippen molar-refractivity contribution >= 4 is 44.9 Å². The van der Waals surface area contributed by atoms with Gasteiger partial charge in [0.05, 0.1) is 11.3 Å². The second-order valence-electron chi connectivity index (χ2n) is 7.22. The molecular formula is C21H22ClN3O2S. The van der Waals surface area contributed by atoms with E-state index in [0.29, 0.717) is 25.9 Å². The maximum atomic E-state index is 11.3. The van der Waals surface area contributed by atoms with Crippen LogP contribution in [0.1, 0.15) is 30.2 Å². The smallest absolute Gasteiger partial charge is 0.306 e. The van der Waals surface area contributed by atoms with Gasteiger partial charge < -0.3 is 10.0 Å². The molecule has 2 aromatic heterocycles. The summed E-state index contributed by atoms with van der Waals surface area (Å²) >= 11 is 7.92. The number of aromatic nitrogens is 2. The quantitative estimate of drug-likeness (QED) is 0.594. The van der Waals surface area contributed by atoms with E-state index in [1.54, 1.807) is 11.3 Å². The number of carboxylic acid groups (broad SMARTS) is 1. The summed E-state index contributed by atoms with van der Waals surface area (Å²) in [5, 5.41) is 10.6. The minimum atomic E-state index is -0.713. The van der Waals surface area contributed by atoms with E-state index in [0.717, 1.165) is 28.0 Å². The highest BCUT2D eigenvalue weighted by Gasteiger charge is 2.28. The fraction of sp³-hybridized carbons (Fsp3) is 0.381. The average molecular weight is 416 g/mol. The number of carbonyl (C=O) groups is 1. The average Bonchev–Trinajstić information content (AvgIpc) is 3.06. The molecule has 0 atom stereocenters. The van der Waals surface area contributed by atoms with E-state index in [-0.39, 0.29) is 11.2 Å². The van der Waals surface area contributed by atoms with Gasteiger partial charge in [-0.15, -0.1) is 11.3 Å². The third kappa shape index (κ3) is 3.47. The Labute approximate surface area is 173 Å². The predicted molar refractivity (Wildman–Crippen MR) is 115 cm³/mol. The molecule has 7 heteroatoms. The monoisotopic (exact) mass is 415 g/mol. The molecule has 0 radical (unpaired) electrons. The summed E-state index contributed by atoms with van der Waals surface area (Å²) in [6, 6.07) is 8.52. The van der Waals surface area contributed by atoms with Crippen LogP contribution in [0, 0.1) is 12.8 Å². The Hall–Kier alpha value is -2.18. The summed E-state index contributed by atoms with van der Waals surface area (Å²) in [4.78, 5) is 24.7. The van der Waals surface area contributed by atoms with Crippen molar-refractivity contribution in [1.29, 1.82) is 0 Å². The molecule has 1 fully saturated rings. The van der Waals surface area contributed by atoms with Crippen LogP contribution in [-0.4, -0.2) is 34.1 Å². The molecule has 3 aromatic rings. The molecule has 0 saturated carbocycles. The van der Waals surface area contributed by atoms with E-state index in [1.807, 2.05) is 0 Å². The zero-order valence-electron chi connectivity index (χ0n) is 15.9. The fourth-order valence-electron chi connectivity index (χ4n) is 3.84. The lowest BCUT2D eigenvalue weighted by Crippen LogP contribution is -2.37. The molecule has 28 heavy (non-hydrogen) atoms. The molecule has 1 saturated heterocycles. The first-order chi connectivity index (χ1) is 13.5. The number of piperidine rings is 1. The second kappa shape index (κ2) is 7.68. The number of aryl methyl sites for hydroxylation is 2. The highest BCUT2D eigenvalue weighted by Crippen LogP contribution is 2.43. The number of fused-ring (bicyclic) bond motifs is 1. The largest absolute Gasteiger partial charge is 0.481 e. The van der Waals surface area contributed by atoms with Crippen molar-refractivity contribution in [1.82, 2.24) is 9.97 Å². The number of aliphatic carboxylic acids is 1. The zero-order chi connectivity index (χ0) is 19.8. The van der Waals surface area contributed by atoms with Crippen LogP contribution in [0.25, 0.3) is 21.3 Å². The van der Waals surface area contributed by atoms with Gasteiger partial charge in [0.15, 0.2) is 0 Å². The standard InChI is InChI=1S/C21H22ClN3O2S/c1-3-15-16(13-6-4-12(2)5-7-13)17-18(23-21(22)24-19(17)28-15)25-10-8-14(9-11-25)20(26)27/h4-7,14H,3,8-11H2,1-2H3,(H,26,27). The normalized spacial score (nSPS) is 15.3. The van der Waals surface area contributed by atoms with Gasteiger partial charge in [-0.1, -0.05) is 36.8 Å². The van der Waals surface area contributed by atoms with E-state index in [9.17, 15) is 9.90 Å². The lowest BCUT2D eigenvalue weighted by molar-refractivity contribution is -0.142. The molecule has 146 valence electrons. The first kappa shape index (κ1) is 19.2. The van der Waals surface area contributed by atoms with Crippen LogP contribution in [-0.2, 0) is 11.2 Å². The molecule has 0 unspecified atom stereocenters. The van der Waals surface area contributed by atoms with Gasteiger partial charge in [0.25, 0.3) is 0 Å². The molecule has 1 aromatic carbocycles.